The Hall–Kier alpha value is -0.160. The van der Waals surface area contributed by atoms with E-state index in [1.54, 1.807) is 7.11 Å². The van der Waals surface area contributed by atoms with E-state index in [0.29, 0.717) is 6.04 Å². The van der Waals surface area contributed by atoms with Gasteiger partial charge in [0.1, 0.15) is 0 Å². The summed E-state index contributed by atoms with van der Waals surface area (Å²) < 4.78 is 0. The van der Waals surface area contributed by atoms with Crippen LogP contribution in [-0.2, 0) is 4.84 Å². The van der Waals surface area contributed by atoms with Crippen LogP contribution in [-0.4, -0.2) is 56.3 Å². The van der Waals surface area contributed by atoms with E-state index in [9.17, 15) is 0 Å². The van der Waals surface area contributed by atoms with Gasteiger partial charge < -0.3 is 15.5 Å². The van der Waals surface area contributed by atoms with Crippen molar-refractivity contribution >= 4 is 0 Å². The molecular weight excluding hydrogens is 166 g/mol. The largest absolute Gasteiger partial charge is 0.328 e. The summed E-state index contributed by atoms with van der Waals surface area (Å²) in [5, 5.41) is 1.86. The molecule has 1 heterocycles. The number of likely N-dealkylation sites (N-methyl/N-ethyl adjacent to an activating group) is 1. The fourth-order valence-corrected chi connectivity index (χ4v) is 1.55. The fourth-order valence-electron chi connectivity index (χ4n) is 1.55. The van der Waals surface area contributed by atoms with Crippen LogP contribution in [0.5, 0.6) is 0 Å². The first kappa shape index (κ1) is 10.9. The zero-order valence-corrected chi connectivity index (χ0v) is 8.70. The normalized spacial score (nSPS) is 21.2. The van der Waals surface area contributed by atoms with Gasteiger partial charge in [0.05, 0.1) is 7.11 Å². The van der Waals surface area contributed by atoms with Gasteiger partial charge in [-0.2, -0.15) is 5.06 Å². The highest BCUT2D eigenvalue weighted by atomic mass is 16.7. The van der Waals surface area contributed by atoms with Crippen molar-refractivity contribution in [3.8, 4) is 0 Å². The Labute approximate surface area is 80.6 Å². The van der Waals surface area contributed by atoms with Crippen LogP contribution >= 0.6 is 0 Å². The molecule has 0 bridgehead atoms. The molecule has 0 atom stereocenters. The predicted octanol–water partition coefficient (Wildman–Crippen LogP) is -0.0973. The Balaban J connectivity index is 2.08. The van der Waals surface area contributed by atoms with Gasteiger partial charge in [-0.05, 0) is 25.9 Å². The molecule has 13 heavy (non-hydrogen) atoms. The first-order valence-corrected chi connectivity index (χ1v) is 4.95. The number of nitrogens with two attached hydrogens (primary N) is 1. The van der Waals surface area contributed by atoms with E-state index in [4.69, 9.17) is 10.6 Å². The summed E-state index contributed by atoms with van der Waals surface area (Å²) in [5.41, 5.74) is 5.82. The lowest BCUT2D eigenvalue weighted by molar-refractivity contribution is -0.112. The molecule has 1 aliphatic heterocycles. The lowest BCUT2D eigenvalue weighted by Gasteiger charge is -2.30. The smallest absolute Gasteiger partial charge is 0.0575 e. The first-order valence-electron chi connectivity index (χ1n) is 4.95. The summed E-state index contributed by atoms with van der Waals surface area (Å²) in [5.74, 6) is 0. The second kappa shape index (κ2) is 5.54. The van der Waals surface area contributed by atoms with Crippen molar-refractivity contribution in [1.82, 2.24) is 9.96 Å². The first-order chi connectivity index (χ1) is 6.22. The third kappa shape index (κ3) is 4.04. The molecule has 0 amide bonds. The number of piperidine rings is 1. The monoisotopic (exact) mass is 187 g/mol. The summed E-state index contributed by atoms with van der Waals surface area (Å²) in [6, 6.07) is 0.427. The minimum atomic E-state index is 0.427. The number of rotatable bonds is 4. The summed E-state index contributed by atoms with van der Waals surface area (Å²) in [6.45, 7) is 4.32. The van der Waals surface area contributed by atoms with E-state index in [1.807, 2.05) is 12.1 Å². The van der Waals surface area contributed by atoms with Crippen LogP contribution < -0.4 is 5.73 Å². The predicted molar refractivity (Wildman–Crippen MR) is 53.3 cm³/mol. The highest BCUT2D eigenvalue weighted by molar-refractivity contribution is 4.73. The van der Waals surface area contributed by atoms with Crippen LogP contribution in [0, 0.1) is 0 Å². The van der Waals surface area contributed by atoms with Crippen LogP contribution in [0.3, 0.4) is 0 Å². The highest BCUT2D eigenvalue weighted by Crippen LogP contribution is 2.07. The number of hydrogen-bond donors (Lipinski definition) is 1. The Morgan fingerprint density at radius 1 is 1.46 bits per heavy atom. The Morgan fingerprint density at radius 2 is 2.08 bits per heavy atom. The van der Waals surface area contributed by atoms with Gasteiger partial charge in [-0.3, -0.25) is 0 Å². The summed E-state index contributed by atoms with van der Waals surface area (Å²) >= 11 is 0. The molecule has 1 fully saturated rings. The molecule has 4 nitrogen and oxygen atoms in total. The average molecular weight is 187 g/mol. The maximum atomic E-state index is 5.82. The van der Waals surface area contributed by atoms with Gasteiger partial charge in [0.25, 0.3) is 0 Å². The molecular formula is C9H21N3O. The highest BCUT2D eigenvalue weighted by Gasteiger charge is 2.15. The van der Waals surface area contributed by atoms with E-state index in [-0.39, 0.29) is 0 Å². The maximum absolute atomic E-state index is 5.82. The van der Waals surface area contributed by atoms with Gasteiger partial charge in [-0.1, -0.05) is 0 Å². The van der Waals surface area contributed by atoms with Gasteiger partial charge in [0, 0.05) is 26.2 Å². The van der Waals surface area contributed by atoms with Crippen molar-refractivity contribution < 1.29 is 4.84 Å². The van der Waals surface area contributed by atoms with Crippen LogP contribution in [0.2, 0.25) is 0 Å². The van der Waals surface area contributed by atoms with E-state index in [2.05, 4.69) is 4.90 Å². The van der Waals surface area contributed by atoms with Gasteiger partial charge in [0.15, 0.2) is 0 Å². The van der Waals surface area contributed by atoms with Crippen molar-refractivity contribution in [2.45, 2.75) is 18.9 Å². The molecule has 0 aromatic rings. The van der Waals surface area contributed by atoms with Crippen LogP contribution in [0.25, 0.3) is 0 Å². The molecule has 4 heteroatoms. The van der Waals surface area contributed by atoms with E-state index in [1.165, 1.54) is 0 Å². The second-order valence-corrected chi connectivity index (χ2v) is 3.71. The standard InChI is InChI=1S/C9H21N3O/c1-11(13-2)7-8-12-5-3-9(10)4-6-12/h9H,3-8,10H2,1-2H3. The Kier molecular flexibility index (Phi) is 4.66. The number of hydrogen-bond acceptors (Lipinski definition) is 4. The molecule has 0 spiro atoms. The van der Waals surface area contributed by atoms with Gasteiger partial charge in [0.2, 0.25) is 0 Å². The van der Waals surface area contributed by atoms with Crippen LogP contribution in [0.15, 0.2) is 0 Å². The Morgan fingerprint density at radius 3 is 2.62 bits per heavy atom. The third-order valence-electron chi connectivity index (χ3n) is 2.68. The SMILES string of the molecule is CON(C)CCN1CCC(N)CC1. The van der Waals surface area contributed by atoms with Gasteiger partial charge >= 0.3 is 0 Å². The van der Waals surface area contributed by atoms with Crippen molar-refractivity contribution in [3.05, 3.63) is 0 Å². The molecule has 0 radical (unpaired) electrons. The molecule has 2 N–H and O–H groups in total. The molecule has 0 aromatic carbocycles. The summed E-state index contributed by atoms with van der Waals surface area (Å²) in [4.78, 5) is 7.49. The molecule has 78 valence electrons. The topological polar surface area (TPSA) is 41.7 Å². The quantitative estimate of drug-likeness (QED) is 0.624. The maximum Gasteiger partial charge on any atom is 0.0575 e. The molecule has 0 saturated carbocycles. The van der Waals surface area contributed by atoms with Crippen LogP contribution in [0.4, 0.5) is 0 Å². The minimum Gasteiger partial charge on any atom is -0.328 e. The third-order valence-corrected chi connectivity index (χ3v) is 2.68. The Bertz CT molecular complexity index is 135. The molecule has 0 aromatic heterocycles. The lowest BCUT2D eigenvalue weighted by atomic mass is 10.1. The van der Waals surface area contributed by atoms with Crippen molar-refractivity contribution in [2.75, 3.05) is 40.3 Å². The van der Waals surface area contributed by atoms with E-state index >= 15 is 0 Å². The molecule has 1 aliphatic rings. The number of hydroxylamine groups is 2. The molecule has 1 rings (SSSR count). The summed E-state index contributed by atoms with van der Waals surface area (Å²) in [7, 11) is 3.65. The zero-order valence-electron chi connectivity index (χ0n) is 8.70. The van der Waals surface area contributed by atoms with Gasteiger partial charge in [-0.15, -0.1) is 0 Å². The molecule has 0 unspecified atom stereocenters. The van der Waals surface area contributed by atoms with E-state index in [0.717, 1.165) is 39.0 Å². The zero-order chi connectivity index (χ0) is 9.68. The van der Waals surface area contributed by atoms with Crippen LogP contribution in [0.1, 0.15) is 12.8 Å². The fraction of sp³-hybridized carbons (Fsp3) is 1.00. The summed E-state index contributed by atoms with van der Waals surface area (Å²) in [6.07, 6.45) is 2.27. The van der Waals surface area contributed by atoms with Crippen molar-refractivity contribution in [1.29, 1.82) is 0 Å². The number of likely N-dealkylation sites (tertiary alicyclic amines) is 1. The van der Waals surface area contributed by atoms with E-state index < -0.39 is 0 Å². The number of nitrogens with zero attached hydrogens (tertiary/aromatic N) is 2. The van der Waals surface area contributed by atoms with Crippen molar-refractivity contribution in [2.24, 2.45) is 5.73 Å². The average Bonchev–Trinajstić information content (AvgIpc) is 2.16. The van der Waals surface area contributed by atoms with Gasteiger partial charge in [-0.25, -0.2) is 0 Å². The second-order valence-electron chi connectivity index (χ2n) is 3.71. The molecule has 1 saturated heterocycles. The molecule has 0 aliphatic carbocycles. The lowest BCUT2D eigenvalue weighted by Crippen LogP contribution is -2.42. The van der Waals surface area contributed by atoms with Crippen molar-refractivity contribution in [3.63, 3.8) is 0 Å². The minimum absolute atomic E-state index is 0.427.